The van der Waals surface area contributed by atoms with E-state index < -0.39 is 0 Å². The zero-order chi connectivity index (χ0) is 14.4. The van der Waals surface area contributed by atoms with Gasteiger partial charge in [-0.15, -0.1) is 11.3 Å². The number of thiophene rings is 1. The quantitative estimate of drug-likeness (QED) is 0.904. The first-order valence-corrected chi connectivity index (χ1v) is 8.84. The van der Waals surface area contributed by atoms with Crippen LogP contribution in [0, 0.1) is 17.8 Å². The number of nitrogens with two attached hydrogens (primary N) is 1. The van der Waals surface area contributed by atoms with Gasteiger partial charge in [0.15, 0.2) is 0 Å². The van der Waals surface area contributed by atoms with Gasteiger partial charge in [0.05, 0.1) is 5.39 Å². The lowest BCUT2D eigenvalue weighted by molar-refractivity contribution is 0.348. The second-order valence-corrected chi connectivity index (χ2v) is 7.65. The standard InChI is InChI=1S/C16H22N4S/c1-2-12-7-13-14(19-16(17)20-15(13)21-12)18-8-11-6-9-3-4-10(11)5-9/h7,9-11H,2-6,8H2,1H3,(H3,17,18,19,20). The van der Waals surface area contributed by atoms with E-state index in [1.54, 1.807) is 11.3 Å². The minimum atomic E-state index is 0.377. The Kier molecular flexibility index (Phi) is 3.25. The Morgan fingerprint density at radius 1 is 1.33 bits per heavy atom. The molecule has 3 unspecified atom stereocenters. The Balaban J connectivity index is 1.56. The van der Waals surface area contributed by atoms with Crippen molar-refractivity contribution in [3.63, 3.8) is 0 Å². The zero-order valence-electron chi connectivity index (χ0n) is 12.4. The number of aryl methyl sites for hydroxylation is 1. The molecule has 2 bridgehead atoms. The molecule has 112 valence electrons. The average molecular weight is 302 g/mol. The molecule has 2 aromatic heterocycles. The maximum atomic E-state index is 5.86. The summed E-state index contributed by atoms with van der Waals surface area (Å²) in [5.74, 6) is 4.05. The van der Waals surface area contributed by atoms with Crippen LogP contribution in [0.1, 0.15) is 37.5 Å². The Bertz CT molecular complexity index is 666. The number of hydrogen-bond acceptors (Lipinski definition) is 5. The number of aromatic nitrogens is 2. The molecule has 4 nitrogen and oxygen atoms in total. The molecule has 2 saturated carbocycles. The lowest BCUT2D eigenvalue weighted by Gasteiger charge is -2.22. The molecule has 4 rings (SSSR count). The molecule has 2 fully saturated rings. The van der Waals surface area contributed by atoms with Crippen molar-refractivity contribution in [3.05, 3.63) is 10.9 Å². The van der Waals surface area contributed by atoms with Crippen molar-refractivity contribution in [1.82, 2.24) is 9.97 Å². The van der Waals surface area contributed by atoms with Crippen molar-refractivity contribution < 1.29 is 0 Å². The van der Waals surface area contributed by atoms with Crippen molar-refractivity contribution in [2.24, 2.45) is 17.8 Å². The molecule has 2 aromatic rings. The Labute approximate surface area is 129 Å². The summed E-state index contributed by atoms with van der Waals surface area (Å²) in [6, 6.07) is 2.21. The smallest absolute Gasteiger partial charge is 0.223 e. The number of rotatable bonds is 4. The van der Waals surface area contributed by atoms with Gasteiger partial charge in [-0.2, -0.15) is 4.98 Å². The fourth-order valence-electron chi connectivity index (χ4n) is 4.15. The van der Waals surface area contributed by atoms with Crippen LogP contribution in [-0.4, -0.2) is 16.5 Å². The Morgan fingerprint density at radius 2 is 2.24 bits per heavy atom. The van der Waals surface area contributed by atoms with E-state index in [9.17, 15) is 0 Å². The van der Waals surface area contributed by atoms with Crippen LogP contribution in [0.4, 0.5) is 11.8 Å². The Morgan fingerprint density at radius 3 is 2.95 bits per heavy atom. The lowest BCUT2D eigenvalue weighted by Crippen LogP contribution is -2.20. The first-order chi connectivity index (χ1) is 10.2. The molecule has 0 saturated heterocycles. The molecule has 0 aromatic carbocycles. The van der Waals surface area contributed by atoms with Crippen LogP contribution in [0.3, 0.4) is 0 Å². The minimum Gasteiger partial charge on any atom is -0.369 e. The third-order valence-electron chi connectivity index (χ3n) is 5.23. The summed E-state index contributed by atoms with van der Waals surface area (Å²) in [4.78, 5) is 11.2. The monoisotopic (exact) mass is 302 g/mol. The molecule has 3 atom stereocenters. The van der Waals surface area contributed by atoms with Crippen molar-refractivity contribution in [2.75, 3.05) is 17.6 Å². The molecule has 2 aliphatic rings. The summed E-state index contributed by atoms with van der Waals surface area (Å²) in [6.07, 6.45) is 6.76. The molecule has 0 aliphatic heterocycles. The van der Waals surface area contributed by atoms with Crippen molar-refractivity contribution >= 4 is 33.3 Å². The van der Waals surface area contributed by atoms with Crippen molar-refractivity contribution in [2.45, 2.75) is 39.0 Å². The van der Waals surface area contributed by atoms with Gasteiger partial charge in [-0.3, -0.25) is 0 Å². The SMILES string of the molecule is CCc1cc2c(NCC3CC4CCC3C4)nc(N)nc2s1. The predicted octanol–water partition coefficient (Wildman–Crippen LogP) is 3.68. The van der Waals surface area contributed by atoms with Gasteiger partial charge in [0, 0.05) is 11.4 Å². The van der Waals surface area contributed by atoms with Gasteiger partial charge in [0.2, 0.25) is 5.95 Å². The predicted molar refractivity (Wildman–Crippen MR) is 88.6 cm³/mol. The van der Waals surface area contributed by atoms with Gasteiger partial charge in [-0.1, -0.05) is 13.3 Å². The number of nitrogens with one attached hydrogen (secondary N) is 1. The Hall–Kier alpha value is -1.36. The van der Waals surface area contributed by atoms with E-state index in [0.717, 1.165) is 46.8 Å². The van der Waals surface area contributed by atoms with E-state index in [0.29, 0.717) is 5.95 Å². The van der Waals surface area contributed by atoms with Crippen LogP contribution >= 0.6 is 11.3 Å². The fraction of sp³-hybridized carbons (Fsp3) is 0.625. The molecule has 2 heterocycles. The lowest BCUT2D eigenvalue weighted by atomic mass is 9.89. The summed E-state index contributed by atoms with van der Waals surface area (Å²) >= 11 is 1.72. The highest BCUT2D eigenvalue weighted by Gasteiger charge is 2.39. The second kappa shape index (κ2) is 5.13. The van der Waals surface area contributed by atoms with Crippen LogP contribution in [0.2, 0.25) is 0 Å². The number of anilines is 2. The average Bonchev–Trinajstić information content (AvgIpc) is 3.18. The van der Waals surface area contributed by atoms with E-state index in [4.69, 9.17) is 5.73 Å². The van der Waals surface area contributed by atoms with E-state index in [-0.39, 0.29) is 0 Å². The van der Waals surface area contributed by atoms with Gasteiger partial charge < -0.3 is 11.1 Å². The largest absolute Gasteiger partial charge is 0.369 e. The number of fused-ring (bicyclic) bond motifs is 3. The molecule has 0 spiro atoms. The highest BCUT2D eigenvalue weighted by molar-refractivity contribution is 7.18. The number of nitrogen functional groups attached to an aromatic ring is 1. The molecular weight excluding hydrogens is 280 g/mol. The topological polar surface area (TPSA) is 63.8 Å². The van der Waals surface area contributed by atoms with Crippen LogP contribution in [-0.2, 0) is 6.42 Å². The highest BCUT2D eigenvalue weighted by Crippen LogP contribution is 2.48. The highest BCUT2D eigenvalue weighted by atomic mass is 32.1. The zero-order valence-corrected chi connectivity index (χ0v) is 13.2. The van der Waals surface area contributed by atoms with E-state index in [1.807, 2.05) is 0 Å². The molecule has 5 heteroatoms. The molecular formula is C16H22N4S. The minimum absolute atomic E-state index is 0.377. The molecule has 0 radical (unpaired) electrons. The van der Waals surface area contributed by atoms with Gasteiger partial charge in [0.1, 0.15) is 10.6 Å². The maximum absolute atomic E-state index is 5.86. The van der Waals surface area contributed by atoms with Gasteiger partial charge in [0.25, 0.3) is 0 Å². The van der Waals surface area contributed by atoms with Crippen LogP contribution in [0.5, 0.6) is 0 Å². The first-order valence-electron chi connectivity index (χ1n) is 8.02. The van der Waals surface area contributed by atoms with Gasteiger partial charge in [-0.05, 0) is 49.5 Å². The van der Waals surface area contributed by atoms with Crippen LogP contribution in [0.15, 0.2) is 6.07 Å². The van der Waals surface area contributed by atoms with E-state index in [2.05, 4.69) is 28.3 Å². The fourth-order valence-corrected chi connectivity index (χ4v) is 5.13. The molecule has 21 heavy (non-hydrogen) atoms. The molecule has 3 N–H and O–H groups in total. The van der Waals surface area contributed by atoms with Crippen molar-refractivity contribution in [3.8, 4) is 0 Å². The summed E-state index contributed by atoms with van der Waals surface area (Å²) in [7, 11) is 0. The van der Waals surface area contributed by atoms with E-state index in [1.165, 1.54) is 30.6 Å². The normalized spacial score (nSPS) is 27.6. The maximum Gasteiger partial charge on any atom is 0.223 e. The van der Waals surface area contributed by atoms with Crippen LogP contribution in [0.25, 0.3) is 10.2 Å². The van der Waals surface area contributed by atoms with Gasteiger partial charge in [-0.25, -0.2) is 4.98 Å². The second-order valence-electron chi connectivity index (χ2n) is 6.53. The summed E-state index contributed by atoms with van der Waals surface area (Å²) < 4.78 is 0. The first kappa shape index (κ1) is 13.3. The van der Waals surface area contributed by atoms with Crippen molar-refractivity contribution in [1.29, 1.82) is 0 Å². The summed E-state index contributed by atoms with van der Waals surface area (Å²) in [5, 5.41) is 4.70. The third kappa shape index (κ3) is 2.37. The number of hydrogen-bond donors (Lipinski definition) is 2. The summed E-state index contributed by atoms with van der Waals surface area (Å²) in [6.45, 7) is 3.20. The van der Waals surface area contributed by atoms with Gasteiger partial charge >= 0.3 is 0 Å². The van der Waals surface area contributed by atoms with Crippen LogP contribution < -0.4 is 11.1 Å². The number of nitrogens with zero attached hydrogens (tertiary/aromatic N) is 2. The third-order valence-corrected chi connectivity index (χ3v) is 6.40. The summed E-state index contributed by atoms with van der Waals surface area (Å²) in [5.41, 5.74) is 5.86. The molecule has 2 aliphatic carbocycles. The van der Waals surface area contributed by atoms with E-state index >= 15 is 0 Å². The molecule has 0 amide bonds.